The van der Waals surface area contributed by atoms with Gasteiger partial charge in [-0.3, -0.25) is 9.20 Å². The zero-order chi connectivity index (χ0) is 27.7. The molecule has 2 aromatic carbocycles. The molecular formula is C28H27ClF3N5O2. The van der Waals surface area contributed by atoms with Gasteiger partial charge in [-0.05, 0) is 60.5 Å². The van der Waals surface area contributed by atoms with Gasteiger partial charge in [0.2, 0.25) is 0 Å². The molecule has 0 unspecified atom stereocenters. The van der Waals surface area contributed by atoms with Gasteiger partial charge in [0.05, 0.1) is 16.8 Å². The molecule has 0 atom stereocenters. The van der Waals surface area contributed by atoms with Gasteiger partial charge in [0.1, 0.15) is 17.1 Å². The smallest absolute Gasteiger partial charge is 0.406 e. The lowest BCUT2D eigenvalue weighted by Gasteiger charge is -2.46. The van der Waals surface area contributed by atoms with E-state index in [-0.39, 0.29) is 17.7 Å². The molecule has 3 heterocycles. The summed E-state index contributed by atoms with van der Waals surface area (Å²) in [6, 6.07) is 17.7. The van der Waals surface area contributed by atoms with Crippen LogP contribution in [0.2, 0.25) is 5.02 Å². The molecule has 1 amide bonds. The number of nitrogens with zero attached hydrogens (tertiary/aromatic N) is 4. The molecule has 1 aliphatic rings. The second kappa shape index (κ2) is 10.7. The number of ether oxygens (including phenoxy) is 1. The highest BCUT2D eigenvalue weighted by atomic mass is 35.5. The molecule has 39 heavy (non-hydrogen) atoms. The average molecular weight is 558 g/mol. The molecular weight excluding hydrogens is 531 g/mol. The van der Waals surface area contributed by atoms with Crippen LogP contribution in [0.5, 0.6) is 5.75 Å². The zero-order valence-electron chi connectivity index (χ0n) is 21.4. The van der Waals surface area contributed by atoms with E-state index in [1.54, 1.807) is 34.9 Å². The highest BCUT2D eigenvalue weighted by Crippen LogP contribution is 2.30. The number of pyridine rings is 1. The molecule has 11 heteroatoms. The van der Waals surface area contributed by atoms with Gasteiger partial charge in [0.25, 0.3) is 5.91 Å². The quantitative estimate of drug-likeness (QED) is 0.301. The van der Waals surface area contributed by atoms with E-state index >= 15 is 0 Å². The van der Waals surface area contributed by atoms with E-state index in [1.807, 2.05) is 38.2 Å². The second-order valence-electron chi connectivity index (χ2n) is 9.40. The summed E-state index contributed by atoms with van der Waals surface area (Å²) in [5.74, 6) is -0.444. The first-order valence-electron chi connectivity index (χ1n) is 12.5. The van der Waals surface area contributed by atoms with Crippen LogP contribution in [0, 0.1) is 0 Å². The number of carbonyl (C=O) groups excluding carboxylic acids is 1. The first kappa shape index (κ1) is 26.7. The summed E-state index contributed by atoms with van der Waals surface area (Å²) < 4.78 is 42.8. The van der Waals surface area contributed by atoms with Crippen molar-refractivity contribution in [3.8, 4) is 5.75 Å². The third-order valence-corrected chi connectivity index (χ3v) is 7.07. The van der Waals surface area contributed by atoms with Crippen LogP contribution in [0.25, 0.3) is 5.65 Å². The van der Waals surface area contributed by atoms with Crippen molar-refractivity contribution in [1.29, 1.82) is 0 Å². The fourth-order valence-corrected chi connectivity index (χ4v) is 4.81. The molecule has 2 aromatic heterocycles. The number of alkyl halides is 3. The third kappa shape index (κ3) is 5.90. The number of amides is 1. The molecule has 4 aromatic rings. The Labute approximate surface area is 228 Å². The Hall–Kier alpha value is -3.92. The predicted molar refractivity (Wildman–Crippen MR) is 145 cm³/mol. The molecule has 1 saturated heterocycles. The van der Waals surface area contributed by atoms with Crippen LogP contribution in [0.1, 0.15) is 28.7 Å². The Kier molecular flexibility index (Phi) is 7.31. The van der Waals surface area contributed by atoms with E-state index in [1.165, 1.54) is 12.1 Å². The fraction of sp³-hybridized carbons (Fsp3) is 0.286. The standard InChI is InChI=1S/C28H27ClF3N5O2/c1-3-24-26(37-15-19(29)6-13-25(37)34-24)27(38)33-14-18-4-7-20(8-5-18)35(2)22-16-36(17-22)21-9-11-23(12-10-21)39-28(30,31)32/h4-13,15,22H,3,14,16-17H2,1-2H3,(H,33,38). The molecule has 0 spiro atoms. The van der Waals surface area contributed by atoms with Crippen molar-refractivity contribution >= 4 is 34.5 Å². The summed E-state index contributed by atoms with van der Waals surface area (Å²) >= 11 is 6.14. The van der Waals surface area contributed by atoms with Gasteiger partial charge in [0.15, 0.2) is 0 Å². The van der Waals surface area contributed by atoms with Crippen molar-refractivity contribution < 1.29 is 22.7 Å². The maximum Gasteiger partial charge on any atom is 0.573 e. The third-order valence-electron chi connectivity index (χ3n) is 6.85. The van der Waals surface area contributed by atoms with Crippen LogP contribution < -0.4 is 19.9 Å². The number of carbonyl (C=O) groups is 1. The molecule has 1 aliphatic heterocycles. The van der Waals surface area contributed by atoms with E-state index in [4.69, 9.17) is 11.6 Å². The van der Waals surface area contributed by atoms with E-state index < -0.39 is 6.36 Å². The summed E-state index contributed by atoms with van der Waals surface area (Å²) in [4.78, 5) is 21.9. The van der Waals surface area contributed by atoms with E-state index in [9.17, 15) is 18.0 Å². The van der Waals surface area contributed by atoms with Crippen molar-refractivity contribution in [1.82, 2.24) is 14.7 Å². The van der Waals surface area contributed by atoms with Crippen LogP contribution in [0.15, 0.2) is 66.9 Å². The number of hydrogen-bond acceptors (Lipinski definition) is 5. The fourth-order valence-electron chi connectivity index (χ4n) is 4.65. The lowest BCUT2D eigenvalue weighted by atomic mass is 10.0. The van der Waals surface area contributed by atoms with E-state index in [0.29, 0.717) is 35.0 Å². The topological polar surface area (TPSA) is 62.1 Å². The Bertz CT molecular complexity index is 1470. The number of fused-ring (bicyclic) bond motifs is 1. The zero-order valence-corrected chi connectivity index (χ0v) is 22.1. The van der Waals surface area contributed by atoms with Crippen molar-refractivity contribution in [2.75, 3.05) is 29.9 Å². The monoisotopic (exact) mass is 557 g/mol. The molecule has 1 fully saturated rings. The van der Waals surface area contributed by atoms with Crippen molar-refractivity contribution in [3.63, 3.8) is 0 Å². The SMILES string of the molecule is CCc1nc2ccc(Cl)cn2c1C(=O)NCc1ccc(N(C)C2CN(c3ccc(OC(F)(F)F)cc3)C2)cc1. The van der Waals surface area contributed by atoms with Gasteiger partial charge >= 0.3 is 6.36 Å². The molecule has 204 valence electrons. The Morgan fingerprint density at radius 2 is 1.79 bits per heavy atom. The van der Waals surface area contributed by atoms with E-state index in [0.717, 1.165) is 30.0 Å². The number of halogens is 4. The lowest BCUT2D eigenvalue weighted by molar-refractivity contribution is -0.274. The van der Waals surface area contributed by atoms with Gasteiger partial charge in [-0.25, -0.2) is 4.98 Å². The first-order valence-corrected chi connectivity index (χ1v) is 12.9. The van der Waals surface area contributed by atoms with Gasteiger partial charge < -0.3 is 19.9 Å². The maximum atomic E-state index is 13.0. The summed E-state index contributed by atoms with van der Waals surface area (Å²) in [5.41, 5.74) is 4.72. The minimum absolute atomic E-state index is 0.213. The lowest BCUT2D eigenvalue weighted by Crippen LogP contribution is -2.58. The summed E-state index contributed by atoms with van der Waals surface area (Å²) in [6.45, 7) is 3.82. The number of nitrogens with one attached hydrogen (secondary N) is 1. The number of aryl methyl sites for hydroxylation is 1. The molecule has 0 bridgehead atoms. The summed E-state index contributed by atoms with van der Waals surface area (Å²) in [5, 5.41) is 3.51. The average Bonchev–Trinajstić information content (AvgIpc) is 3.24. The summed E-state index contributed by atoms with van der Waals surface area (Å²) in [7, 11) is 2.02. The normalized spacial score (nSPS) is 13.8. The van der Waals surface area contributed by atoms with Crippen LogP contribution in [0.4, 0.5) is 24.5 Å². The molecule has 5 rings (SSSR count). The number of benzene rings is 2. The highest BCUT2D eigenvalue weighted by Gasteiger charge is 2.32. The van der Waals surface area contributed by atoms with Crippen LogP contribution in [-0.2, 0) is 13.0 Å². The second-order valence-corrected chi connectivity index (χ2v) is 9.83. The number of imidazole rings is 1. The minimum Gasteiger partial charge on any atom is -0.406 e. The number of hydrogen-bond donors (Lipinski definition) is 1. The van der Waals surface area contributed by atoms with Crippen molar-refractivity contribution in [2.45, 2.75) is 32.3 Å². The molecule has 0 aliphatic carbocycles. The Morgan fingerprint density at radius 1 is 1.10 bits per heavy atom. The molecule has 7 nitrogen and oxygen atoms in total. The number of rotatable bonds is 8. The van der Waals surface area contributed by atoms with E-state index in [2.05, 4.69) is 24.8 Å². The van der Waals surface area contributed by atoms with Gasteiger partial charge in [0, 0.05) is 44.3 Å². The minimum atomic E-state index is -4.70. The van der Waals surface area contributed by atoms with Crippen LogP contribution in [0.3, 0.4) is 0 Å². The molecule has 1 N–H and O–H groups in total. The maximum absolute atomic E-state index is 13.0. The predicted octanol–water partition coefficient (Wildman–Crippen LogP) is 5.70. The van der Waals surface area contributed by atoms with Gasteiger partial charge in [-0.1, -0.05) is 30.7 Å². The molecule has 0 saturated carbocycles. The first-order chi connectivity index (χ1) is 18.6. The highest BCUT2D eigenvalue weighted by molar-refractivity contribution is 6.30. The van der Waals surface area contributed by atoms with Gasteiger partial charge in [-0.2, -0.15) is 0 Å². The van der Waals surface area contributed by atoms with Crippen LogP contribution in [-0.4, -0.2) is 47.8 Å². The van der Waals surface area contributed by atoms with Crippen LogP contribution >= 0.6 is 11.6 Å². The number of aromatic nitrogens is 2. The molecule has 0 radical (unpaired) electrons. The number of anilines is 2. The van der Waals surface area contributed by atoms with Crippen molar-refractivity contribution in [2.24, 2.45) is 0 Å². The Balaban J connectivity index is 1.15. The number of likely N-dealkylation sites (N-methyl/N-ethyl adjacent to an activating group) is 1. The van der Waals surface area contributed by atoms with Crippen molar-refractivity contribution in [3.05, 3.63) is 88.8 Å². The largest absolute Gasteiger partial charge is 0.573 e. The Morgan fingerprint density at radius 3 is 2.44 bits per heavy atom. The van der Waals surface area contributed by atoms with Gasteiger partial charge in [-0.15, -0.1) is 13.2 Å². The summed E-state index contributed by atoms with van der Waals surface area (Å²) in [6.07, 6.45) is -2.38.